The van der Waals surface area contributed by atoms with Crippen molar-refractivity contribution in [1.29, 1.82) is 0 Å². The molecular formula is C40H72NO8P. The standard InChI is InChI=1S/C40H72NO8P/c1-3-5-7-9-11-13-15-17-18-19-20-21-23-25-27-29-31-33-40(44)47-36-38(42)37-49-50(45,46)48-35-34-41-39(43)32-30-28-26-24-22-16-14-12-10-8-6-4-2/h5,7,11-14,17-18,38,42H,3-4,6,8-10,15-16,19-37H2,1-2H3,(H,41,43)(H,45,46)/b7-5-,13-11-,14-12-,18-17-. The van der Waals surface area contributed by atoms with Crippen LogP contribution in [0, 0.1) is 0 Å². The number of carbonyl (C=O) groups excluding carboxylic acids is 2. The van der Waals surface area contributed by atoms with E-state index < -0.39 is 26.5 Å². The van der Waals surface area contributed by atoms with Gasteiger partial charge in [-0.3, -0.25) is 18.6 Å². The van der Waals surface area contributed by atoms with Crippen molar-refractivity contribution in [3.8, 4) is 0 Å². The number of rotatable bonds is 36. The molecule has 0 radical (unpaired) electrons. The molecule has 0 fully saturated rings. The van der Waals surface area contributed by atoms with Crippen LogP contribution in [0.3, 0.4) is 0 Å². The molecule has 9 nitrogen and oxygen atoms in total. The molecule has 290 valence electrons. The van der Waals surface area contributed by atoms with Gasteiger partial charge in [-0.05, 0) is 70.6 Å². The Bertz CT molecular complexity index is 965. The first-order valence-electron chi connectivity index (χ1n) is 19.6. The van der Waals surface area contributed by atoms with Gasteiger partial charge in [0.15, 0.2) is 0 Å². The van der Waals surface area contributed by atoms with Gasteiger partial charge in [0.05, 0.1) is 13.2 Å². The lowest BCUT2D eigenvalue weighted by Gasteiger charge is -2.15. The van der Waals surface area contributed by atoms with Gasteiger partial charge in [0.25, 0.3) is 0 Å². The zero-order valence-corrected chi connectivity index (χ0v) is 32.5. The molecule has 10 heteroatoms. The maximum Gasteiger partial charge on any atom is 0.472 e. The molecule has 50 heavy (non-hydrogen) atoms. The van der Waals surface area contributed by atoms with E-state index in [4.69, 9.17) is 13.8 Å². The van der Waals surface area contributed by atoms with Crippen molar-refractivity contribution in [2.75, 3.05) is 26.4 Å². The van der Waals surface area contributed by atoms with E-state index in [0.717, 1.165) is 83.5 Å². The normalized spacial score (nSPS) is 13.9. The summed E-state index contributed by atoms with van der Waals surface area (Å²) in [7, 11) is -4.42. The second-order valence-corrected chi connectivity index (χ2v) is 14.3. The number of aliphatic hydroxyl groups excluding tert-OH is 1. The topological polar surface area (TPSA) is 131 Å². The Labute approximate surface area is 305 Å². The van der Waals surface area contributed by atoms with Crippen LogP contribution >= 0.6 is 7.82 Å². The Kier molecular flexibility index (Phi) is 35.3. The number of nitrogens with one attached hydrogen (secondary N) is 1. The van der Waals surface area contributed by atoms with Crippen LogP contribution in [0.1, 0.15) is 162 Å². The molecule has 0 aromatic rings. The summed E-state index contributed by atoms with van der Waals surface area (Å²) in [5.74, 6) is -0.539. The average molecular weight is 726 g/mol. The molecule has 0 aliphatic rings. The minimum absolute atomic E-state index is 0.0746. The summed E-state index contributed by atoms with van der Waals surface area (Å²) in [5.41, 5.74) is 0. The number of phosphoric ester groups is 1. The third-order valence-electron chi connectivity index (χ3n) is 7.99. The smallest absolute Gasteiger partial charge is 0.463 e. The predicted octanol–water partition coefficient (Wildman–Crippen LogP) is 10.4. The fourth-order valence-corrected chi connectivity index (χ4v) is 5.79. The number of amides is 1. The van der Waals surface area contributed by atoms with Crippen LogP contribution in [-0.4, -0.2) is 54.3 Å². The summed E-state index contributed by atoms with van der Waals surface area (Å²) in [5, 5.41) is 12.6. The molecule has 0 aliphatic carbocycles. The van der Waals surface area contributed by atoms with Gasteiger partial charge in [0, 0.05) is 19.4 Å². The van der Waals surface area contributed by atoms with Crippen molar-refractivity contribution in [3.05, 3.63) is 48.6 Å². The second-order valence-electron chi connectivity index (χ2n) is 12.9. The van der Waals surface area contributed by atoms with Crippen molar-refractivity contribution in [1.82, 2.24) is 5.32 Å². The van der Waals surface area contributed by atoms with Gasteiger partial charge in [-0.15, -0.1) is 0 Å². The Balaban J connectivity index is 3.65. The van der Waals surface area contributed by atoms with Crippen LogP contribution in [0.2, 0.25) is 0 Å². The molecule has 2 atom stereocenters. The average Bonchev–Trinajstić information content (AvgIpc) is 3.10. The molecule has 0 bridgehead atoms. The largest absolute Gasteiger partial charge is 0.472 e. The molecule has 0 rings (SSSR count). The van der Waals surface area contributed by atoms with Gasteiger partial charge in [0.1, 0.15) is 12.7 Å². The number of allylic oxidation sites excluding steroid dienone is 8. The van der Waals surface area contributed by atoms with Crippen molar-refractivity contribution >= 4 is 19.7 Å². The van der Waals surface area contributed by atoms with E-state index in [0.29, 0.717) is 6.42 Å². The number of phosphoric acid groups is 1. The number of hydrogen-bond donors (Lipinski definition) is 3. The number of unbranched alkanes of at least 4 members (excludes halogenated alkanes) is 15. The Morgan fingerprint density at radius 1 is 0.640 bits per heavy atom. The fourth-order valence-electron chi connectivity index (χ4n) is 5.03. The summed E-state index contributed by atoms with van der Waals surface area (Å²) < 4.78 is 26.8. The first-order valence-corrected chi connectivity index (χ1v) is 21.1. The Morgan fingerprint density at radius 2 is 1.14 bits per heavy atom. The van der Waals surface area contributed by atoms with Gasteiger partial charge < -0.3 is 20.1 Å². The summed E-state index contributed by atoms with van der Waals surface area (Å²) in [6, 6.07) is 0. The molecule has 0 aromatic carbocycles. The highest BCUT2D eigenvalue weighted by atomic mass is 31.2. The maximum absolute atomic E-state index is 12.1. The van der Waals surface area contributed by atoms with Crippen molar-refractivity contribution in [3.63, 3.8) is 0 Å². The quantitative estimate of drug-likeness (QED) is 0.0252. The molecule has 3 N–H and O–H groups in total. The van der Waals surface area contributed by atoms with Crippen LogP contribution in [0.5, 0.6) is 0 Å². The zero-order valence-electron chi connectivity index (χ0n) is 31.6. The van der Waals surface area contributed by atoms with Gasteiger partial charge in [-0.2, -0.15) is 0 Å². The Hall–Kier alpha value is -2.03. The highest BCUT2D eigenvalue weighted by Crippen LogP contribution is 2.42. The summed E-state index contributed by atoms with van der Waals surface area (Å²) in [4.78, 5) is 33.8. The van der Waals surface area contributed by atoms with E-state index in [9.17, 15) is 24.2 Å². The highest BCUT2D eigenvalue weighted by molar-refractivity contribution is 7.47. The van der Waals surface area contributed by atoms with E-state index in [1.165, 1.54) is 51.4 Å². The third kappa shape index (κ3) is 37.2. The molecule has 2 unspecified atom stereocenters. The van der Waals surface area contributed by atoms with Crippen LogP contribution < -0.4 is 5.32 Å². The molecule has 0 saturated carbocycles. The molecule has 0 aliphatic heterocycles. The number of hydrogen-bond acceptors (Lipinski definition) is 7. The summed E-state index contributed by atoms with van der Waals surface area (Å²) in [6.45, 7) is 3.38. The van der Waals surface area contributed by atoms with Gasteiger partial charge in [-0.1, -0.05) is 127 Å². The second kappa shape index (κ2) is 36.8. The number of aliphatic hydroxyl groups is 1. The number of ether oxygens (including phenoxy) is 1. The van der Waals surface area contributed by atoms with E-state index in [1.807, 2.05) is 0 Å². The van der Waals surface area contributed by atoms with Crippen LogP contribution in [0.15, 0.2) is 48.6 Å². The van der Waals surface area contributed by atoms with E-state index in [2.05, 4.69) is 67.8 Å². The first kappa shape index (κ1) is 48.0. The first-order chi connectivity index (χ1) is 24.3. The highest BCUT2D eigenvalue weighted by Gasteiger charge is 2.23. The molecule has 1 amide bonds. The van der Waals surface area contributed by atoms with E-state index >= 15 is 0 Å². The van der Waals surface area contributed by atoms with Crippen molar-refractivity contribution < 1.29 is 37.9 Å². The van der Waals surface area contributed by atoms with E-state index in [1.54, 1.807) is 0 Å². The predicted molar refractivity (Wildman–Crippen MR) is 206 cm³/mol. The third-order valence-corrected chi connectivity index (χ3v) is 8.98. The van der Waals surface area contributed by atoms with Crippen LogP contribution in [-0.2, 0) is 27.9 Å². The van der Waals surface area contributed by atoms with Crippen molar-refractivity contribution in [2.24, 2.45) is 0 Å². The minimum Gasteiger partial charge on any atom is -0.463 e. The van der Waals surface area contributed by atoms with Gasteiger partial charge in [-0.25, -0.2) is 4.57 Å². The van der Waals surface area contributed by atoms with Crippen molar-refractivity contribution in [2.45, 2.75) is 168 Å². The summed E-state index contributed by atoms with van der Waals surface area (Å²) >= 11 is 0. The van der Waals surface area contributed by atoms with E-state index in [-0.39, 0.29) is 32.1 Å². The molecule has 0 heterocycles. The maximum atomic E-state index is 12.1. The lowest BCUT2D eigenvalue weighted by atomic mass is 10.1. The number of esters is 1. The lowest BCUT2D eigenvalue weighted by molar-refractivity contribution is -0.147. The van der Waals surface area contributed by atoms with Crippen LogP contribution in [0.4, 0.5) is 0 Å². The lowest BCUT2D eigenvalue weighted by Crippen LogP contribution is -2.27. The van der Waals surface area contributed by atoms with Gasteiger partial charge in [0.2, 0.25) is 5.91 Å². The monoisotopic (exact) mass is 725 g/mol. The number of carbonyl (C=O) groups is 2. The minimum atomic E-state index is -4.42. The SMILES string of the molecule is CC/C=C\C/C=C\C/C=C\CCCCCCCCCC(=O)OCC(O)COP(=O)(O)OCCNC(=O)CCCCCCC/C=C\CCCCC. The molecule has 0 spiro atoms. The fraction of sp³-hybridized carbons (Fsp3) is 0.750. The molecular weight excluding hydrogens is 653 g/mol. The zero-order chi connectivity index (χ0) is 36.8. The summed E-state index contributed by atoms with van der Waals surface area (Å²) in [6.07, 6.45) is 40.4. The Morgan fingerprint density at radius 3 is 1.74 bits per heavy atom. The molecule has 0 saturated heterocycles. The van der Waals surface area contributed by atoms with Crippen LogP contribution in [0.25, 0.3) is 0 Å². The molecule has 0 aromatic heterocycles. The van der Waals surface area contributed by atoms with Gasteiger partial charge >= 0.3 is 13.8 Å².